The predicted molar refractivity (Wildman–Crippen MR) is 127 cm³/mol. The number of nitrogens with zero attached hydrogens (tertiary/aromatic N) is 5. The molecule has 10 nitrogen and oxygen atoms in total. The Morgan fingerprint density at radius 2 is 1.97 bits per heavy atom. The number of rotatable bonds is 4. The number of carboxylic acids is 1. The molecule has 0 amide bonds. The van der Waals surface area contributed by atoms with Crippen LogP contribution in [0.3, 0.4) is 0 Å². The molecule has 3 N–H and O–H groups in total. The number of thiazole rings is 1. The normalized spacial score (nSPS) is 12.3. The van der Waals surface area contributed by atoms with Crippen LogP contribution in [0.25, 0.3) is 27.3 Å². The third-order valence-electron chi connectivity index (χ3n) is 5.11. The quantitative estimate of drug-likeness (QED) is 0.289. The van der Waals surface area contributed by atoms with Gasteiger partial charge in [0.15, 0.2) is 16.4 Å². The monoisotopic (exact) mass is 535 g/mol. The fraction of sp³-hybridized carbons (Fsp3) is 0.182. The van der Waals surface area contributed by atoms with Crippen LogP contribution in [0.15, 0.2) is 47.1 Å². The molecule has 0 saturated heterocycles. The van der Waals surface area contributed by atoms with Gasteiger partial charge in [-0.25, -0.2) is 29.1 Å². The van der Waals surface area contributed by atoms with Gasteiger partial charge in [0.2, 0.25) is 0 Å². The Labute approximate surface area is 208 Å². The van der Waals surface area contributed by atoms with Crippen LogP contribution in [0, 0.1) is 12.7 Å². The summed E-state index contributed by atoms with van der Waals surface area (Å²) in [5, 5.41) is 12.3. The first kappa shape index (κ1) is 25.7. The van der Waals surface area contributed by atoms with E-state index in [9.17, 15) is 22.4 Å². The summed E-state index contributed by atoms with van der Waals surface area (Å²) in [4.78, 5) is 43.2. The highest BCUT2D eigenvalue weighted by molar-refractivity contribution is 7.15. The summed E-state index contributed by atoms with van der Waals surface area (Å²) in [6, 6.07) is 5.59. The van der Waals surface area contributed by atoms with Crippen molar-refractivity contribution in [2.45, 2.75) is 26.1 Å². The second-order valence-electron chi connectivity index (χ2n) is 7.67. The minimum Gasteiger partial charge on any atom is -0.475 e. The molecular weight excluding hydrogens is 518 g/mol. The van der Waals surface area contributed by atoms with Gasteiger partial charge in [-0.15, -0.1) is 11.3 Å². The van der Waals surface area contributed by atoms with Gasteiger partial charge in [-0.3, -0.25) is 9.20 Å². The fourth-order valence-corrected chi connectivity index (χ4v) is 4.34. The van der Waals surface area contributed by atoms with E-state index in [1.54, 1.807) is 22.9 Å². The van der Waals surface area contributed by atoms with E-state index >= 15 is 0 Å². The molecule has 1 aromatic carbocycles. The number of imidazole rings is 1. The van der Waals surface area contributed by atoms with Crippen molar-refractivity contribution in [2.24, 2.45) is 0 Å². The van der Waals surface area contributed by atoms with E-state index in [4.69, 9.17) is 14.9 Å². The Balaban J connectivity index is 0.000000405. The van der Waals surface area contributed by atoms with Crippen molar-refractivity contribution < 1.29 is 27.5 Å². The van der Waals surface area contributed by atoms with E-state index in [0.29, 0.717) is 38.8 Å². The Morgan fingerprint density at radius 3 is 2.65 bits per heavy atom. The summed E-state index contributed by atoms with van der Waals surface area (Å²) in [5.74, 6) is -2.63. The zero-order chi connectivity index (χ0) is 26.9. The van der Waals surface area contributed by atoms with E-state index in [0.717, 1.165) is 5.69 Å². The molecule has 1 unspecified atom stereocenters. The van der Waals surface area contributed by atoms with Crippen molar-refractivity contribution in [3.63, 3.8) is 0 Å². The van der Waals surface area contributed by atoms with Crippen LogP contribution in [-0.2, 0) is 4.79 Å². The number of carboxylic acid groups (broad SMARTS) is 1. The number of aliphatic carboxylic acids is 1. The molecule has 0 fully saturated rings. The van der Waals surface area contributed by atoms with E-state index in [1.807, 2.05) is 19.2 Å². The number of aromatic nitrogens is 6. The van der Waals surface area contributed by atoms with E-state index in [-0.39, 0.29) is 5.56 Å². The minimum absolute atomic E-state index is 0.234. The fourth-order valence-electron chi connectivity index (χ4n) is 3.47. The molecule has 0 spiro atoms. The number of halogens is 4. The lowest BCUT2D eigenvalue weighted by Crippen LogP contribution is -2.23. The van der Waals surface area contributed by atoms with Gasteiger partial charge in [0, 0.05) is 11.1 Å². The van der Waals surface area contributed by atoms with Gasteiger partial charge in [0.1, 0.15) is 17.7 Å². The molecule has 4 heterocycles. The van der Waals surface area contributed by atoms with E-state index < -0.39 is 24.0 Å². The summed E-state index contributed by atoms with van der Waals surface area (Å²) in [7, 11) is 0. The summed E-state index contributed by atoms with van der Waals surface area (Å²) in [6.45, 7) is 3.73. The smallest absolute Gasteiger partial charge is 0.475 e. The number of hydrogen-bond donors (Lipinski definition) is 3. The zero-order valence-corrected chi connectivity index (χ0v) is 19.9. The zero-order valence-electron chi connectivity index (χ0n) is 19.0. The van der Waals surface area contributed by atoms with Gasteiger partial charge in [0.05, 0.1) is 23.6 Å². The number of hydrogen-bond acceptors (Lipinski definition) is 8. The van der Waals surface area contributed by atoms with Crippen molar-refractivity contribution in [3.05, 3.63) is 69.9 Å². The third kappa shape index (κ3) is 5.25. The highest BCUT2D eigenvalue weighted by atomic mass is 32.1. The first-order valence-electron chi connectivity index (χ1n) is 10.4. The molecule has 0 bridgehead atoms. The van der Waals surface area contributed by atoms with E-state index in [1.165, 1.54) is 29.8 Å². The Hall–Kier alpha value is -4.40. The lowest BCUT2D eigenvalue weighted by atomic mass is 10.0. The van der Waals surface area contributed by atoms with Gasteiger partial charge < -0.3 is 15.4 Å². The average molecular weight is 535 g/mol. The van der Waals surface area contributed by atoms with Crippen LogP contribution in [0.2, 0.25) is 0 Å². The number of benzene rings is 1. The maximum Gasteiger partial charge on any atom is 0.490 e. The highest BCUT2D eigenvalue weighted by Crippen LogP contribution is 2.29. The molecule has 0 aliphatic rings. The number of carbonyl (C=O) groups is 1. The second-order valence-corrected chi connectivity index (χ2v) is 8.51. The largest absolute Gasteiger partial charge is 0.490 e. The molecule has 192 valence electrons. The van der Waals surface area contributed by atoms with Crippen LogP contribution in [-0.4, -0.2) is 46.6 Å². The Morgan fingerprint density at radius 1 is 1.24 bits per heavy atom. The lowest BCUT2D eigenvalue weighted by Gasteiger charge is -2.18. The van der Waals surface area contributed by atoms with Crippen LogP contribution in [0.4, 0.5) is 23.4 Å². The third-order valence-corrected chi connectivity index (χ3v) is 6.05. The van der Waals surface area contributed by atoms with Crippen molar-refractivity contribution in [1.29, 1.82) is 0 Å². The van der Waals surface area contributed by atoms with Crippen LogP contribution < -0.4 is 10.9 Å². The summed E-state index contributed by atoms with van der Waals surface area (Å²) in [5.41, 5.74) is 3.08. The number of nitrogens with one attached hydrogen (secondary N) is 2. The first-order valence-corrected chi connectivity index (χ1v) is 11.3. The molecule has 37 heavy (non-hydrogen) atoms. The summed E-state index contributed by atoms with van der Waals surface area (Å²) < 4.78 is 47.3. The number of anilines is 1. The van der Waals surface area contributed by atoms with Crippen molar-refractivity contribution in [3.8, 4) is 11.1 Å². The van der Waals surface area contributed by atoms with Crippen LogP contribution in [0.5, 0.6) is 0 Å². The molecule has 0 aliphatic heterocycles. The minimum atomic E-state index is -5.08. The number of aryl methyl sites for hydroxylation is 1. The van der Waals surface area contributed by atoms with E-state index in [2.05, 4.69) is 25.3 Å². The maximum atomic E-state index is 14.0. The predicted octanol–water partition coefficient (Wildman–Crippen LogP) is 4.34. The molecule has 4 aromatic heterocycles. The van der Waals surface area contributed by atoms with Crippen molar-refractivity contribution >= 4 is 39.2 Å². The maximum absolute atomic E-state index is 14.0. The molecule has 0 radical (unpaired) electrons. The van der Waals surface area contributed by atoms with Crippen LogP contribution in [0.1, 0.15) is 24.4 Å². The Bertz CT molecular complexity index is 1660. The molecule has 1 atom stereocenters. The lowest BCUT2D eigenvalue weighted by molar-refractivity contribution is -0.192. The van der Waals surface area contributed by atoms with Gasteiger partial charge in [-0.1, -0.05) is 12.1 Å². The highest BCUT2D eigenvalue weighted by Gasteiger charge is 2.38. The van der Waals surface area contributed by atoms with Crippen molar-refractivity contribution in [2.75, 3.05) is 5.32 Å². The topological polar surface area (TPSA) is 138 Å². The SMILES string of the molecule is Cc1csc2nc(C(C)Nc3ncnc4nc[nH]c34)c(-c3cccc(F)c3)c(=O)n12.O=C(O)C(F)(F)F. The Kier molecular flexibility index (Phi) is 6.89. The van der Waals surface area contributed by atoms with Crippen LogP contribution >= 0.6 is 11.3 Å². The molecule has 0 saturated carbocycles. The van der Waals surface area contributed by atoms with Gasteiger partial charge >= 0.3 is 12.1 Å². The molecule has 0 aliphatic carbocycles. The van der Waals surface area contributed by atoms with Gasteiger partial charge in [0.25, 0.3) is 5.56 Å². The first-order chi connectivity index (χ1) is 17.5. The number of aromatic amines is 1. The average Bonchev–Trinajstić information content (AvgIpc) is 3.46. The number of fused-ring (bicyclic) bond motifs is 2. The molecule has 15 heteroatoms. The summed E-state index contributed by atoms with van der Waals surface area (Å²) in [6.07, 6.45) is -2.13. The van der Waals surface area contributed by atoms with Gasteiger partial charge in [-0.05, 0) is 31.5 Å². The number of alkyl halides is 3. The molecule has 5 rings (SSSR count). The second kappa shape index (κ2) is 9.93. The van der Waals surface area contributed by atoms with Crippen molar-refractivity contribution in [1.82, 2.24) is 29.3 Å². The van der Waals surface area contributed by atoms with Gasteiger partial charge in [-0.2, -0.15) is 13.2 Å². The molecular formula is C22H17F4N7O3S. The number of H-pyrrole nitrogens is 1. The molecule has 5 aromatic rings. The standard InChI is InChI=1S/C20H16FN7OS.C2HF3O2/c1-10-7-30-20-27-15(11(2)26-18-16-17(23-8-22-16)24-9-25-18)14(19(29)28(10)20)12-4-3-5-13(21)6-12;3-2(4,5)1(6)7/h3-9,11H,1-2H3,(H2,22,23,24,25,26);(H,6,7). The summed E-state index contributed by atoms with van der Waals surface area (Å²) >= 11 is 1.39.